The van der Waals surface area contributed by atoms with Gasteiger partial charge in [0.05, 0.1) is 6.10 Å². The smallest absolute Gasteiger partial charge is 0.333 e. The van der Waals surface area contributed by atoms with Crippen molar-refractivity contribution < 1.29 is 14.6 Å². The third-order valence-corrected chi connectivity index (χ3v) is 2.69. The van der Waals surface area contributed by atoms with E-state index in [0.29, 0.717) is 17.4 Å². The highest BCUT2D eigenvalue weighted by Gasteiger charge is 2.31. The molecule has 1 unspecified atom stereocenters. The quantitative estimate of drug-likeness (QED) is 0.550. The molecule has 1 aliphatic carbocycles. The van der Waals surface area contributed by atoms with Crippen molar-refractivity contribution in [3.63, 3.8) is 0 Å². The van der Waals surface area contributed by atoms with Crippen molar-refractivity contribution in [3.8, 4) is 0 Å². The first-order chi connectivity index (χ1) is 6.50. The molecule has 1 fully saturated rings. The molecule has 0 heterocycles. The van der Waals surface area contributed by atoms with Crippen LogP contribution >= 0.6 is 0 Å². The minimum Gasteiger partial charge on any atom is -0.460 e. The van der Waals surface area contributed by atoms with Gasteiger partial charge in [-0.15, -0.1) is 0 Å². The molecule has 3 nitrogen and oxygen atoms in total. The molecule has 0 spiro atoms. The first-order valence-electron chi connectivity index (χ1n) is 5.01. The predicted molar refractivity (Wildman–Crippen MR) is 53.7 cm³/mol. The van der Waals surface area contributed by atoms with E-state index in [1.54, 1.807) is 6.92 Å². The van der Waals surface area contributed by atoms with Gasteiger partial charge >= 0.3 is 5.97 Å². The first-order valence-corrected chi connectivity index (χ1v) is 5.01. The monoisotopic (exact) mass is 198 g/mol. The van der Waals surface area contributed by atoms with Gasteiger partial charge in [0.1, 0.15) is 6.61 Å². The lowest BCUT2D eigenvalue weighted by atomic mass is 9.73. The van der Waals surface area contributed by atoms with Crippen LogP contribution in [-0.4, -0.2) is 23.8 Å². The van der Waals surface area contributed by atoms with Crippen LogP contribution in [0.15, 0.2) is 12.2 Å². The molecule has 0 aromatic heterocycles. The van der Waals surface area contributed by atoms with Crippen LogP contribution in [0.5, 0.6) is 0 Å². The third-order valence-electron chi connectivity index (χ3n) is 2.69. The molecule has 0 radical (unpaired) electrons. The zero-order valence-electron chi connectivity index (χ0n) is 8.82. The zero-order chi connectivity index (χ0) is 10.7. The van der Waals surface area contributed by atoms with Crippen LogP contribution in [0, 0.1) is 11.8 Å². The van der Waals surface area contributed by atoms with E-state index in [9.17, 15) is 9.90 Å². The summed E-state index contributed by atoms with van der Waals surface area (Å²) < 4.78 is 4.87. The van der Waals surface area contributed by atoms with Gasteiger partial charge < -0.3 is 9.84 Å². The van der Waals surface area contributed by atoms with E-state index >= 15 is 0 Å². The van der Waals surface area contributed by atoms with Crippen molar-refractivity contribution >= 4 is 5.97 Å². The van der Waals surface area contributed by atoms with Crippen LogP contribution in [0.3, 0.4) is 0 Å². The van der Waals surface area contributed by atoms with Crippen LogP contribution in [-0.2, 0) is 9.53 Å². The van der Waals surface area contributed by atoms with E-state index in [1.165, 1.54) is 0 Å². The fourth-order valence-corrected chi connectivity index (χ4v) is 1.70. The Morgan fingerprint density at radius 1 is 1.64 bits per heavy atom. The Morgan fingerprint density at radius 2 is 2.21 bits per heavy atom. The molecule has 1 aliphatic rings. The summed E-state index contributed by atoms with van der Waals surface area (Å²) in [4.78, 5) is 11.0. The van der Waals surface area contributed by atoms with Gasteiger partial charge in [0, 0.05) is 5.57 Å². The molecule has 1 N–H and O–H groups in total. The van der Waals surface area contributed by atoms with Gasteiger partial charge in [-0.25, -0.2) is 4.79 Å². The van der Waals surface area contributed by atoms with Gasteiger partial charge in [0.25, 0.3) is 0 Å². The second-order valence-electron chi connectivity index (χ2n) is 4.28. The minimum absolute atomic E-state index is 0.100. The largest absolute Gasteiger partial charge is 0.460 e. The van der Waals surface area contributed by atoms with Crippen molar-refractivity contribution in [3.05, 3.63) is 12.2 Å². The highest BCUT2D eigenvalue weighted by Crippen LogP contribution is 2.35. The van der Waals surface area contributed by atoms with Crippen LogP contribution in [0.25, 0.3) is 0 Å². The Bertz CT molecular complexity index is 229. The van der Waals surface area contributed by atoms with E-state index in [2.05, 4.69) is 13.5 Å². The van der Waals surface area contributed by atoms with Crippen LogP contribution in [0.1, 0.15) is 26.7 Å². The lowest BCUT2D eigenvalue weighted by molar-refractivity contribution is -0.144. The van der Waals surface area contributed by atoms with Gasteiger partial charge in [0.2, 0.25) is 0 Å². The number of hydrogen-bond acceptors (Lipinski definition) is 3. The van der Waals surface area contributed by atoms with Gasteiger partial charge in [-0.3, -0.25) is 0 Å². The topological polar surface area (TPSA) is 46.5 Å². The number of esters is 1. The average Bonchev–Trinajstić information content (AvgIpc) is 2.08. The molecule has 0 bridgehead atoms. The Labute approximate surface area is 84.8 Å². The predicted octanol–water partition coefficient (Wildman–Crippen LogP) is 1.51. The maximum absolute atomic E-state index is 11.0. The van der Waals surface area contributed by atoms with E-state index in [4.69, 9.17) is 4.74 Å². The van der Waals surface area contributed by atoms with E-state index < -0.39 is 12.1 Å². The summed E-state index contributed by atoms with van der Waals surface area (Å²) in [7, 11) is 0. The molecule has 14 heavy (non-hydrogen) atoms. The molecule has 0 aromatic rings. The Kier molecular flexibility index (Phi) is 3.69. The number of ether oxygens (including phenoxy) is 1. The molecular formula is C11H18O3. The van der Waals surface area contributed by atoms with Gasteiger partial charge in [-0.1, -0.05) is 13.5 Å². The minimum atomic E-state index is -0.505. The molecule has 80 valence electrons. The van der Waals surface area contributed by atoms with Crippen molar-refractivity contribution in [1.29, 1.82) is 0 Å². The third kappa shape index (κ3) is 2.84. The number of carbonyl (C=O) groups excluding carboxylic acids is 1. The fourth-order valence-electron chi connectivity index (χ4n) is 1.70. The van der Waals surface area contributed by atoms with Crippen LogP contribution in [0.2, 0.25) is 0 Å². The summed E-state index contributed by atoms with van der Waals surface area (Å²) in [5, 5.41) is 9.61. The van der Waals surface area contributed by atoms with Gasteiger partial charge in [-0.05, 0) is 31.6 Å². The van der Waals surface area contributed by atoms with E-state index in [-0.39, 0.29) is 6.61 Å². The Balaban J connectivity index is 2.18. The molecule has 3 heteroatoms. The van der Waals surface area contributed by atoms with E-state index in [0.717, 1.165) is 12.8 Å². The molecular weight excluding hydrogens is 180 g/mol. The number of rotatable bonds is 4. The summed E-state index contributed by atoms with van der Waals surface area (Å²) in [6, 6.07) is 0. The standard InChI is InChI=1S/C11H18O3/c1-7(2)11(13)14-6-10(12)9-4-8(3)5-9/h8-10,12H,1,4-6H2,2-3H3. The molecule has 1 saturated carbocycles. The molecule has 1 atom stereocenters. The summed E-state index contributed by atoms with van der Waals surface area (Å²) >= 11 is 0. The summed E-state index contributed by atoms with van der Waals surface area (Å²) in [5.41, 5.74) is 0.374. The Hall–Kier alpha value is -0.830. The zero-order valence-corrected chi connectivity index (χ0v) is 8.82. The summed E-state index contributed by atoms with van der Waals surface area (Å²) in [6.45, 7) is 7.32. The van der Waals surface area contributed by atoms with Gasteiger partial charge in [-0.2, -0.15) is 0 Å². The summed E-state index contributed by atoms with van der Waals surface area (Å²) in [5.74, 6) is 0.589. The van der Waals surface area contributed by atoms with Crippen molar-refractivity contribution in [2.45, 2.75) is 32.8 Å². The fraction of sp³-hybridized carbons (Fsp3) is 0.727. The van der Waals surface area contributed by atoms with Crippen LogP contribution in [0.4, 0.5) is 0 Å². The molecule has 0 amide bonds. The maximum atomic E-state index is 11.0. The van der Waals surface area contributed by atoms with Crippen LogP contribution < -0.4 is 0 Å². The maximum Gasteiger partial charge on any atom is 0.333 e. The lowest BCUT2D eigenvalue weighted by Gasteiger charge is -2.35. The van der Waals surface area contributed by atoms with Crippen molar-refractivity contribution in [2.24, 2.45) is 11.8 Å². The lowest BCUT2D eigenvalue weighted by Crippen LogP contribution is -2.35. The molecule has 0 saturated heterocycles. The Morgan fingerprint density at radius 3 is 2.64 bits per heavy atom. The SMILES string of the molecule is C=C(C)C(=O)OCC(O)C1CC(C)C1. The van der Waals surface area contributed by atoms with Crippen molar-refractivity contribution in [1.82, 2.24) is 0 Å². The second kappa shape index (κ2) is 4.60. The molecule has 1 rings (SSSR count). The number of aliphatic hydroxyl groups excluding tert-OH is 1. The number of aliphatic hydroxyl groups is 1. The molecule has 0 aliphatic heterocycles. The highest BCUT2D eigenvalue weighted by atomic mass is 16.5. The summed E-state index contributed by atoms with van der Waals surface area (Å²) in [6.07, 6.45) is 1.56. The van der Waals surface area contributed by atoms with Crippen molar-refractivity contribution in [2.75, 3.05) is 6.61 Å². The average molecular weight is 198 g/mol. The second-order valence-corrected chi connectivity index (χ2v) is 4.28. The first kappa shape index (κ1) is 11.2. The number of hydrogen-bond donors (Lipinski definition) is 1. The highest BCUT2D eigenvalue weighted by molar-refractivity contribution is 5.86. The number of carbonyl (C=O) groups is 1. The van der Waals surface area contributed by atoms with Gasteiger partial charge in [0.15, 0.2) is 0 Å². The normalized spacial score (nSPS) is 27.6. The molecule has 0 aromatic carbocycles. The van der Waals surface area contributed by atoms with E-state index in [1.807, 2.05) is 0 Å².